The van der Waals surface area contributed by atoms with Crippen LogP contribution in [0.1, 0.15) is 99.5 Å². The minimum absolute atomic E-state index is 0.00101. The molecule has 0 radical (unpaired) electrons. The van der Waals surface area contributed by atoms with Gasteiger partial charge in [0.15, 0.2) is 0 Å². The number of fused-ring (bicyclic) bond motifs is 2. The predicted molar refractivity (Wildman–Crippen MR) is 204 cm³/mol. The Balaban J connectivity index is 1.78. The van der Waals surface area contributed by atoms with Crippen LogP contribution in [0.4, 0.5) is 0 Å². The zero-order valence-corrected chi connectivity index (χ0v) is 32.7. The van der Waals surface area contributed by atoms with E-state index in [1.165, 1.54) is 4.90 Å². The largest absolute Gasteiger partial charge is 0.361 e. The second-order valence-corrected chi connectivity index (χ2v) is 16.6. The summed E-state index contributed by atoms with van der Waals surface area (Å²) in [7, 11) is 0. The molecule has 0 aliphatic carbocycles. The van der Waals surface area contributed by atoms with Crippen LogP contribution in [0.15, 0.2) is 30.5 Å². The molecule has 0 bridgehead atoms. The fourth-order valence-electron chi connectivity index (χ4n) is 7.39. The van der Waals surface area contributed by atoms with Crippen molar-refractivity contribution < 1.29 is 28.8 Å². The third kappa shape index (κ3) is 11.3. The lowest BCUT2D eigenvalue weighted by molar-refractivity contribution is -0.143. The lowest BCUT2D eigenvalue weighted by atomic mass is 9.97. The number of aromatic amines is 1. The number of nitrogens with zero attached hydrogens (tertiary/aromatic N) is 1. The molecular weight excluding hydrogens is 674 g/mol. The maximum absolute atomic E-state index is 14.3. The van der Waals surface area contributed by atoms with Crippen molar-refractivity contribution in [1.29, 1.82) is 0 Å². The number of carbonyl (C=O) groups is 6. The maximum Gasteiger partial charge on any atom is 0.245 e. The first-order valence-corrected chi connectivity index (χ1v) is 19.4. The van der Waals surface area contributed by atoms with E-state index in [9.17, 15) is 28.8 Å². The van der Waals surface area contributed by atoms with E-state index in [1.807, 2.05) is 79.7 Å². The molecule has 1 aromatic carbocycles. The molecule has 0 unspecified atom stereocenters. The molecule has 3 heterocycles. The van der Waals surface area contributed by atoms with Crippen LogP contribution in [0, 0.1) is 23.7 Å². The van der Waals surface area contributed by atoms with Crippen LogP contribution >= 0.6 is 0 Å². The van der Waals surface area contributed by atoms with Gasteiger partial charge in [-0.25, -0.2) is 0 Å². The number of H-pyrrole nitrogens is 1. The summed E-state index contributed by atoms with van der Waals surface area (Å²) in [5.41, 5.74) is 1.68. The number of rotatable bonds is 10. The quantitative estimate of drug-likeness (QED) is 0.218. The summed E-state index contributed by atoms with van der Waals surface area (Å²) in [4.78, 5) is 89.3. The van der Waals surface area contributed by atoms with Gasteiger partial charge in [-0.3, -0.25) is 28.8 Å². The number of carbonyl (C=O) groups excluding carboxylic acids is 6. The molecule has 2 saturated heterocycles. The minimum atomic E-state index is -1.08. The first-order chi connectivity index (χ1) is 25.0. The highest BCUT2D eigenvalue weighted by Gasteiger charge is 2.41. The van der Waals surface area contributed by atoms with Crippen molar-refractivity contribution in [3.05, 3.63) is 36.0 Å². The van der Waals surface area contributed by atoms with Crippen LogP contribution in [0.2, 0.25) is 0 Å². The van der Waals surface area contributed by atoms with Crippen molar-refractivity contribution in [3.63, 3.8) is 0 Å². The van der Waals surface area contributed by atoms with Crippen molar-refractivity contribution >= 4 is 46.3 Å². The summed E-state index contributed by atoms with van der Waals surface area (Å²) in [6.07, 6.45) is 4.10. The number of benzene rings is 1. The van der Waals surface area contributed by atoms with Gasteiger partial charge in [0.2, 0.25) is 35.4 Å². The fourth-order valence-corrected chi connectivity index (χ4v) is 7.39. The van der Waals surface area contributed by atoms with Crippen LogP contribution < -0.4 is 26.6 Å². The summed E-state index contributed by atoms with van der Waals surface area (Å²) in [5.74, 6) is -2.87. The zero-order chi connectivity index (χ0) is 39.0. The van der Waals surface area contributed by atoms with Crippen molar-refractivity contribution in [2.24, 2.45) is 23.7 Å². The average Bonchev–Trinajstić information content (AvgIpc) is 3.73. The number of amides is 6. The molecule has 292 valence electrons. The Morgan fingerprint density at radius 2 is 1.02 bits per heavy atom. The molecule has 2 aromatic rings. The lowest BCUT2D eigenvalue weighted by Crippen LogP contribution is -2.61. The van der Waals surface area contributed by atoms with Crippen LogP contribution in [-0.2, 0) is 35.2 Å². The molecule has 6 N–H and O–H groups in total. The van der Waals surface area contributed by atoms with Gasteiger partial charge in [0.05, 0.1) is 0 Å². The van der Waals surface area contributed by atoms with Gasteiger partial charge in [-0.1, -0.05) is 73.6 Å². The molecule has 2 fully saturated rings. The van der Waals surface area contributed by atoms with Crippen LogP contribution in [0.3, 0.4) is 0 Å². The summed E-state index contributed by atoms with van der Waals surface area (Å²) < 4.78 is 0. The van der Waals surface area contributed by atoms with Gasteiger partial charge in [-0.15, -0.1) is 0 Å². The number of hydrogen-bond donors (Lipinski definition) is 6. The molecule has 13 nitrogen and oxygen atoms in total. The highest BCUT2D eigenvalue weighted by Crippen LogP contribution is 2.23. The monoisotopic (exact) mass is 735 g/mol. The summed E-state index contributed by atoms with van der Waals surface area (Å²) in [6.45, 7) is 15.8. The topological polar surface area (TPSA) is 182 Å². The van der Waals surface area contributed by atoms with E-state index in [1.54, 1.807) is 6.20 Å². The van der Waals surface area contributed by atoms with Crippen LogP contribution in [0.5, 0.6) is 0 Å². The van der Waals surface area contributed by atoms with Gasteiger partial charge in [-0.2, -0.15) is 0 Å². The molecule has 4 rings (SSSR count). The minimum Gasteiger partial charge on any atom is -0.361 e. The van der Waals surface area contributed by atoms with E-state index in [4.69, 9.17) is 0 Å². The molecule has 2 aliphatic heterocycles. The van der Waals surface area contributed by atoms with Crippen molar-refractivity contribution in [2.75, 3.05) is 6.54 Å². The van der Waals surface area contributed by atoms with E-state index in [-0.39, 0.29) is 42.4 Å². The Kier molecular flexibility index (Phi) is 14.5. The molecule has 53 heavy (non-hydrogen) atoms. The van der Waals surface area contributed by atoms with Crippen molar-refractivity contribution in [2.45, 2.75) is 137 Å². The Labute approximate surface area is 313 Å². The SMILES string of the molecule is CC(C)C[C@@H]1NC(=O)[C@H](Cc2c[nH]c3ccccc23)NC(=O)[C@H]2CCCN2C(=O)[C@@H](CC(C)C)NC(=O)[C@@H](CC(C)C)NC(=O)[C@@H](CC(C)C)NC1=O. The smallest absolute Gasteiger partial charge is 0.245 e. The van der Waals surface area contributed by atoms with Gasteiger partial charge >= 0.3 is 0 Å². The standard InChI is InChI=1S/C40H61N7O6/c1-22(2)16-29-35(48)43-31(18-24(5)6)37(50)46-33(19-25(7)8)40(53)47-15-11-14-34(47)39(52)45-32(20-26-21-41-28-13-10-9-12-27(26)28)38(51)44-30(17-23(3)4)36(49)42-29/h9-10,12-13,21-25,29-34,41H,11,14-20H2,1-8H3,(H,42,49)(H,43,48)(H,44,51)(H,45,52)(H,46,50)/t29-,30+,31-,32+,33-,34-/m1/s1. The first kappa shape index (κ1) is 41.3. The Hall–Kier alpha value is -4.42. The van der Waals surface area contributed by atoms with E-state index in [0.717, 1.165) is 16.5 Å². The average molecular weight is 736 g/mol. The van der Waals surface area contributed by atoms with Crippen molar-refractivity contribution in [3.8, 4) is 0 Å². The highest BCUT2D eigenvalue weighted by molar-refractivity contribution is 5.98. The van der Waals surface area contributed by atoms with E-state index in [0.29, 0.717) is 38.6 Å². The Bertz CT molecular complexity index is 1620. The predicted octanol–water partition coefficient (Wildman–Crippen LogP) is 3.32. The normalized spacial score (nSPS) is 25.6. The third-order valence-electron chi connectivity index (χ3n) is 9.91. The van der Waals surface area contributed by atoms with Crippen LogP contribution in [0.25, 0.3) is 10.9 Å². The molecule has 6 amide bonds. The molecule has 2 aliphatic rings. The van der Waals surface area contributed by atoms with Gasteiger partial charge < -0.3 is 36.5 Å². The van der Waals surface area contributed by atoms with Crippen LogP contribution in [-0.4, -0.2) is 88.1 Å². The van der Waals surface area contributed by atoms with Crippen molar-refractivity contribution in [1.82, 2.24) is 36.5 Å². The maximum atomic E-state index is 14.3. The van der Waals surface area contributed by atoms with Gasteiger partial charge in [0.25, 0.3) is 0 Å². The Morgan fingerprint density at radius 3 is 1.53 bits per heavy atom. The second kappa shape index (κ2) is 18.6. The summed E-state index contributed by atoms with van der Waals surface area (Å²) in [5, 5.41) is 15.5. The zero-order valence-electron chi connectivity index (χ0n) is 32.7. The lowest BCUT2D eigenvalue weighted by Gasteiger charge is -2.32. The van der Waals surface area contributed by atoms with Gasteiger partial charge in [0, 0.05) is 30.1 Å². The molecule has 1 aromatic heterocycles. The van der Waals surface area contributed by atoms with Gasteiger partial charge in [-0.05, 0) is 73.8 Å². The Morgan fingerprint density at radius 1 is 0.585 bits per heavy atom. The number of nitrogens with one attached hydrogen (secondary N) is 6. The number of para-hydroxylation sites is 1. The fraction of sp³-hybridized carbons (Fsp3) is 0.650. The molecular formula is C40H61N7O6. The number of aromatic nitrogens is 1. The van der Waals surface area contributed by atoms with E-state index < -0.39 is 65.8 Å². The molecule has 0 spiro atoms. The summed E-state index contributed by atoms with van der Waals surface area (Å²) in [6, 6.07) is 1.81. The molecule has 0 saturated carbocycles. The third-order valence-corrected chi connectivity index (χ3v) is 9.91. The van der Waals surface area contributed by atoms with E-state index in [2.05, 4.69) is 31.6 Å². The molecule has 13 heteroatoms. The molecule has 6 atom stereocenters. The first-order valence-electron chi connectivity index (χ1n) is 19.4. The van der Waals surface area contributed by atoms with E-state index >= 15 is 0 Å². The summed E-state index contributed by atoms with van der Waals surface area (Å²) >= 11 is 0. The van der Waals surface area contributed by atoms with Gasteiger partial charge in [0.1, 0.15) is 36.3 Å². The number of hydrogen-bond acceptors (Lipinski definition) is 6. The second-order valence-electron chi connectivity index (χ2n) is 16.6. The highest BCUT2D eigenvalue weighted by atomic mass is 16.2.